The summed E-state index contributed by atoms with van der Waals surface area (Å²) in [5.74, 6) is -0.0964. The highest BCUT2D eigenvalue weighted by molar-refractivity contribution is 6.11. The Labute approximate surface area is 195 Å². The van der Waals surface area contributed by atoms with E-state index >= 15 is 0 Å². The summed E-state index contributed by atoms with van der Waals surface area (Å²) in [5, 5.41) is 28.8. The number of carboxylic acid groups (broad SMARTS) is 1. The first kappa shape index (κ1) is 24.6. The van der Waals surface area contributed by atoms with Gasteiger partial charge in [0.2, 0.25) is 0 Å². The van der Waals surface area contributed by atoms with E-state index in [1.807, 2.05) is 12.1 Å². The van der Waals surface area contributed by atoms with E-state index < -0.39 is 5.97 Å². The zero-order valence-corrected chi connectivity index (χ0v) is 19.1. The number of aliphatic carboxylic acids is 1. The Morgan fingerprint density at radius 3 is 1.42 bits per heavy atom. The van der Waals surface area contributed by atoms with Crippen molar-refractivity contribution in [3.8, 4) is 11.5 Å². The third-order valence-electron chi connectivity index (χ3n) is 6.86. The van der Waals surface area contributed by atoms with Crippen LogP contribution in [0.25, 0.3) is 0 Å². The molecule has 0 bridgehead atoms. The minimum absolute atomic E-state index is 0.0621. The molecule has 2 saturated carbocycles. The van der Waals surface area contributed by atoms with Crippen molar-refractivity contribution < 1.29 is 24.9 Å². The fourth-order valence-electron chi connectivity index (χ4n) is 5.29. The average molecular weight is 451 g/mol. The highest BCUT2D eigenvalue weighted by atomic mass is 16.4. The van der Waals surface area contributed by atoms with E-state index in [0.717, 1.165) is 68.6 Å². The van der Waals surface area contributed by atoms with Gasteiger partial charge in [-0.05, 0) is 49.7 Å². The van der Waals surface area contributed by atoms with E-state index in [2.05, 4.69) is 6.58 Å². The molecule has 176 valence electrons. The maximum atomic E-state index is 13.7. The number of phenolic OH excluding ortho intramolecular Hbond substituents is 2. The molecule has 0 saturated heterocycles. The van der Waals surface area contributed by atoms with Gasteiger partial charge in [-0.25, -0.2) is 4.79 Å². The lowest BCUT2D eigenvalue weighted by molar-refractivity contribution is -0.131. The minimum atomic E-state index is -0.981. The molecular formula is C28H34O5. The summed E-state index contributed by atoms with van der Waals surface area (Å²) in [5.41, 5.74) is 2.83. The smallest absolute Gasteiger partial charge is 0.327 e. The van der Waals surface area contributed by atoms with Crippen molar-refractivity contribution in [2.24, 2.45) is 0 Å². The molecule has 2 aliphatic rings. The quantitative estimate of drug-likeness (QED) is 0.349. The van der Waals surface area contributed by atoms with Crippen LogP contribution in [0.3, 0.4) is 0 Å². The molecule has 3 N–H and O–H groups in total. The third-order valence-corrected chi connectivity index (χ3v) is 6.86. The minimum Gasteiger partial charge on any atom is -0.508 e. The lowest BCUT2D eigenvalue weighted by atomic mass is 9.77. The van der Waals surface area contributed by atoms with Crippen LogP contribution < -0.4 is 0 Å². The molecule has 0 heterocycles. The number of phenols is 2. The second-order valence-electron chi connectivity index (χ2n) is 9.02. The normalized spacial score (nSPS) is 17.0. The molecule has 0 amide bonds. The van der Waals surface area contributed by atoms with Gasteiger partial charge in [-0.2, -0.15) is 0 Å². The highest BCUT2D eigenvalue weighted by Crippen LogP contribution is 2.42. The predicted molar refractivity (Wildman–Crippen MR) is 129 cm³/mol. The standard InChI is InChI=1S/C25H30O3.C3H4O2/c26-21-15-7-13-19(23(21)17-9-3-1-4-10-17)25(28)20-14-8-16-22(27)24(20)18-11-5-2-6-12-18;1-2-3(4)5/h7-8,13-18,26-27H,1-6,9-12H2;2H,1H2,(H,4,5). The number of hydrogen-bond acceptors (Lipinski definition) is 4. The van der Waals surface area contributed by atoms with Crippen LogP contribution in [0.4, 0.5) is 0 Å². The maximum absolute atomic E-state index is 13.7. The molecule has 0 unspecified atom stereocenters. The molecule has 0 atom stereocenters. The van der Waals surface area contributed by atoms with Gasteiger partial charge in [-0.1, -0.05) is 69.4 Å². The molecule has 0 radical (unpaired) electrons. The fourth-order valence-corrected chi connectivity index (χ4v) is 5.29. The monoisotopic (exact) mass is 450 g/mol. The van der Waals surface area contributed by atoms with Gasteiger partial charge in [0.05, 0.1) is 0 Å². The van der Waals surface area contributed by atoms with Gasteiger partial charge in [0.1, 0.15) is 11.5 Å². The second-order valence-corrected chi connectivity index (χ2v) is 9.02. The number of hydrogen-bond donors (Lipinski definition) is 3. The predicted octanol–water partition coefficient (Wildman–Crippen LogP) is 6.68. The van der Waals surface area contributed by atoms with E-state index in [4.69, 9.17) is 5.11 Å². The van der Waals surface area contributed by atoms with E-state index in [1.54, 1.807) is 24.3 Å². The van der Waals surface area contributed by atoms with Gasteiger partial charge in [0.25, 0.3) is 0 Å². The van der Waals surface area contributed by atoms with E-state index in [-0.39, 0.29) is 29.1 Å². The zero-order chi connectivity index (χ0) is 23.8. The Balaban J connectivity index is 0.000000555. The van der Waals surface area contributed by atoms with Gasteiger partial charge in [-0.15, -0.1) is 0 Å². The number of carbonyl (C=O) groups excluding carboxylic acids is 1. The van der Waals surface area contributed by atoms with Crippen molar-refractivity contribution >= 4 is 11.8 Å². The summed E-state index contributed by atoms with van der Waals surface area (Å²) in [6.07, 6.45) is 12.0. The topological polar surface area (TPSA) is 94.8 Å². The summed E-state index contributed by atoms with van der Waals surface area (Å²) >= 11 is 0. The van der Waals surface area contributed by atoms with Crippen molar-refractivity contribution in [1.82, 2.24) is 0 Å². The number of ketones is 1. The molecule has 4 rings (SSSR count). The van der Waals surface area contributed by atoms with Gasteiger partial charge in [0.15, 0.2) is 5.78 Å². The largest absolute Gasteiger partial charge is 0.508 e. The summed E-state index contributed by atoms with van der Waals surface area (Å²) in [4.78, 5) is 22.9. The number of carbonyl (C=O) groups is 2. The Hall–Kier alpha value is -3.08. The average Bonchev–Trinajstić information content (AvgIpc) is 2.84. The Bertz CT molecular complexity index is 912. The van der Waals surface area contributed by atoms with Crippen molar-refractivity contribution in [3.63, 3.8) is 0 Å². The summed E-state index contributed by atoms with van der Waals surface area (Å²) in [6, 6.07) is 10.6. The van der Waals surface area contributed by atoms with Crippen molar-refractivity contribution in [2.75, 3.05) is 0 Å². The summed E-state index contributed by atoms with van der Waals surface area (Å²) in [6.45, 7) is 2.96. The molecule has 0 spiro atoms. The number of rotatable bonds is 5. The van der Waals surface area contributed by atoms with Crippen LogP contribution in [0.1, 0.15) is 103 Å². The Kier molecular flexibility index (Phi) is 8.70. The number of benzene rings is 2. The lowest BCUT2D eigenvalue weighted by Gasteiger charge is -2.27. The van der Waals surface area contributed by atoms with Crippen LogP contribution in [0.15, 0.2) is 49.1 Å². The first-order chi connectivity index (χ1) is 15.9. The lowest BCUT2D eigenvalue weighted by Crippen LogP contribution is -2.15. The van der Waals surface area contributed by atoms with Crippen LogP contribution in [-0.4, -0.2) is 27.1 Å². The highest BCUT2D eigenvalue weighted by Gasteiger charge is 2.29. The van der Waals surface area contributed by atoms with Crippen LogP contribution in [0.5, 0.6) is 11.5 Å². The SMILES string of the molecule is C=CC(=O)O.O=C(c1cccc(O)c1C1CCCCC1)c1cccc(O)c1C1CCCCC1. The van der Waals surface area contributed by atoms with E-state index in [1.165, 1.54) is 12.8 Å². The molecule has 5 heteroatoms. The van der Waals surface area contributed by atoms with Crippen molar-refractivity contribution in [3.05, 3.63) is 71.3 Å². The first-order valence-corrected chi connectivity index (χ1v) is 12.0. The van der Waals surface area contributed by atoms with Crippen molar-refractivity contribution in [2.45, 2.75) is 76.0 Å². The molecule has 0 aromatic heterocycles. The Morgan fingerprint density at radius 2 is 1.09 bits per heavy atom. The number of aromatic hydroxyl groups is 2. The third kappa shape index (κ3) is 6.04. The number of carboxylic acids is 1. The molecule has 5 nitrogen and oxygen atoms in total. The molecule has 2 aliphatic carbocycles. The van der Waals surface area contributed by atoms with Crippen molar-refractivity contribution in [1.29, 1.82) is 0 Å². The van der Waals surface area contributed by atoms with E-state index in [0.29, 0.717) is 11.1 Å². The van der Waals surface area contributed by atoms with E-state index in [9.17, 15) is 19.8 Å². The van der Waals surface area contributed by atoms with Crippen LogP contribution in [0.2, 0.25) is 0 Å². The summed E-state index contributed by atoms with van der Waals surface area (Å²) < 4.78 is 0. The molecule has 33 heavy (non-hydrogen) atoms. The van der Waals surface area contributed by atoms with Crippen LogP contribution in [0, 0.1) is 0 Å². The maximum Gasteiger partial charge on any atom is 0.327 e. The zero-order valence-electron chi connectivity index (χ0n) is 19.1. The molecule has 2 aromatic carbocycles. The fraction of sp³-hybridized carbons (Fsp3) is 0.429. The molecule has 2 fully saturated rings. The van der Waals surface area contributed by atoms with Gasteiger partial charge >= 0.3 is 5.97 Å². The Morgan fingerprint density at radius 1 is 0.727 bits per heavy atom. The van der Waals surface area contributed by atoms with Gasteiger partial charge in [0, 0.05) is 28.3 Å². The van der Waals surface area contributed by atoms with Crippen LogP contribution >= 0.6 is 0 Å². The van der Waals surface area contributed by atoms with Gasteiger partial charge < -0.3 is 15.3 Å². The van der Waals surface area contributed by atoms with Crippen LogP contribution in [-0.2, 0) is 4.79 Å². The summed E-state index contributed by atoms with van der Waals surface area (Å²) in [7, 11) is 0. The molecule has 0 aliphatic heterocycles. The second kappa shape index (κ2) is 11.7. The van der Waals surface area contributed by atoms with Gasteiger partial charge in [-0.3, -0.25) is 4.79 Å². The molecule has 2 aromatic rings. The molecular weight excluding hydrogens is 416 g/mol. The first-order valence-electron chi connectivity index (χ1n) is 12.0.